The van der Waals surface area contributed by atoms with Gasteiger partial charge in [-0.3, -0.25) is 11.3 Å². The van der Waals surface area contributed by atoms with E-state index in [9.17, 15) is 0 Å². The van der Waals surface area contributed by atoms with Gasteiger partial charge in [0.25, 0.3) is 0 Å². The van der Waals surface area contributed by atoms with Crippen molar-refractivity contribution >= 4 is 11.6 Å². The molecule has 3 N–H and O–H groups in total. The highest BCUT2D eigenvalue weighted by Gasteiger charge is 2.13. The van der Waals surface area contributed by atoms with Crippen LogP contribution in [0.4, 0.5) is 0 Å². The van der Waals surface area contributed by atoms with E-state index in [1.165, 1.54) is 22.3 Å². The average molecular weight is 289 g/mol. The molecule has 0 aliphatic heterocycles. The molecule has 0 aliphatic carbocycles. The van der Waals surface area contributed by atoms with Gasteiger partial charge in [0, 0.05) is 5.02 Å². The first-order valence-corrected chi connectivity index (χ1v) is 7.16. The standard InChI is InChI=1S/C17H21ClN2/c1-11-6-12(2)8-14(7-11)10-17(20-19)16-5-4-15(18)9-13(16)3/h4-9,17,20H,10,19H2,1-3H3. The van der Waals surface area contributed by atoms with Gasteiger partial charge in [-0.15, -0.1) is 0 Å². The lowest BCUT2D eigenvalue weighted by atomic mass is 9.94. The Bertz CT molecular complexity index is 588. The van der Waals surface area contributed by atoms with E-state index in [0.717, 1.165) is 17.0 Å². The second-order valence-corrected chi connectivity index (χ2v) is 5.86. The monoisotopic (exact) mass is 288 g/mol. The van der Waals surface area contributed by atoms with Crippen molar-refractivity contribution in [3.63, 3.8) is 0 Å². The molecule has 1 unspecified atom stereocenters. The van der Waals surface area contributed by atoms with E-state index in [0.29, 0.717) is 0 Å². The smallest absolute Gasteiger partial charge is 0.0502 e. The van der Waals surface area contributed by atoms with E-state index in [1.54, 1.807) is 0 Å². The van der Waals surface area contributed by atoms with Crippen LogP contribution >= 0.6 is 11.6 Å². The Hall–Kier alpha value is -1.35. The summed E-state index contributed by atoms with van der Waals surface area (Å²) in [6.07, 6.45) is 0.863. The van der Waals surface area contributed by atoms with Crippen LogP contribution < -0.4 is 11.3 Å². The molecule has 0 saturated heterocycles. The van der Waals surface area contributed by atoms with Crippen LogP contribution in [0.1, 0.15) is 33.9 Å². The number of nitrogens with two attached hydrogens (primary N) is 1. The predicted molar refractivity (Wildman–Crippen MR) is 85.9 cm³/mol. The lowest BCUT2D eigenvalue weighted by Gasteiger charge is -2.19. The zero-order valence-electron chi connectivity index (χ0n) is 12.2. The fourth-order valence-corrected chi connectivity index (χ4v) is 2.94. The van der Waals surface area contributed by atoms with Gasteiger partial charge in [0.1, 0.15) is 0 Å². The minimum atomic E-state index is 0.0912. The maximum atomic E-state index is 6.01. The Morgan fingerprint density at radius 3 is 2.25 bits per heavy atom. The molecule has 0 heterocycles. The summed E-state index contributed by atoms with van der Waals surface area (Å²) in [7, 11) is 0. The molecule has 2 aromatic rings. The summed E-state index contributed by atoms with van der Waals surface area (Å²) in [6.45, 7) is 6.30. The molecular formula is C17H21ClN2. The molecule has 2 aromatic carbocycles. The molecule has 106 valence electrons. The number of halogens is 1. The van der Waals surface area contributed by atoms with E-state index in [1.807, 2.05) is 18.2 Å². The number of benzene rings is 2. The zero-order valence-corrected chi connectivity index (χ0v) is 13.0. The van der Waals surface area contributed by atoms with Gasteiger partial charge in [-0.05, 0) is 56.0 Å². The number of hydrogen-bond donors (Lipinski definition) is 2. The van der Waals surface area contributed by atoms with E-state index >= 15 is 0 Å². The first-order valence-electron chi connectivity index (χ1n) is 6.79. The second-order valence-electron chi connectivity index (χ2n) is 5.42. The summed E-state index contributed by atoms with van der Waals surface area (Å²) >= 11 is 6.01. The molecule has 0 radical (unpaired) electrons. The summed E-state index contributed by atoms with van der Waals surface area (Å²) < 4.78 is 0. The normalized spacial score (nSPS) is 12.4. The SMILES string of the molecule is Cc1cc(C)cc(CC(NN)c2ccc(Cl)cc2C)c1. The Morgan fingerprint density at radius 1 is 1.05 bits per heavy atom. The highest BCUT2D eigenvalue weighted by atomic mass is 35.5. The first kappa shape index (κ1) is 15.0. The highest BCUT2D eigenvalue weighted by molar-refractivity contribution is 6.30. The topological polar surface area (TPSA) is 38.0 Å². The number of hydrazine groups is 1. The van der Waals surface area contributed by atoms with Crippen LogP contribution in [0.3, 0.4) is 0 Å². The van der Waals surface area contributed by atoms with E-state index < -0.39 is 0 Å². The maximum Gasteiger partial charge on any atom is 0.0502 e. The minimum absolute atomic E-state index is 0.0912. The van der Waals surface area contributed by atoms with Gasteiger partial charge in [0.15, 0.2) is 0 Å². The highest BCUT2D eigenvalue weighted by Crippen LogP contribution is 2.24. The van der Waals surface area contributed by atoms with Gasteiger partial charge in [0.2, 0.25) is 0 Å². The fraction of sp³-hybridized carbons (Fsp3) is 0.294. The molecule has 2 rings (SSSR count). The van der Waals surface area contributed by atoms with Crippen molar-refractivity contribution in [2.24, 2.45) is 5.84 Å². The number of hydrogen-bond acceptors (Lipinski definition) is 2. The number of nitrogens with one attached hydrogen (secondary N) is 1. The van der Waals surface area contributed by atoms with Crippen molar-refractivity contribution in [2.75, 3.05) is 0 Å². The van der Waals surface area contributed by atoms with E-state index in [-0.39, 0.29) is 6.04 Å². The van der Waals surface area contributed by atoms with Crippen molar-refractivity contribution in [1.29, 1.82) is 0 Å². The van der Waals surface area contributed by atoms with E-state index in [2.05, 4.69) is 44.4 Å². The molecule has 0 bridgehead atoms. The Kier molecular flexibility index (Phi) is 4.81. The molecule has 20 heavy (non-hydrogen) atoms. The molecular weight excluding hydrogens is 268 g/mol. The van der Waals surface area contributed by atoms with Gasteiger partial charge < -0.3 is 0 Å². The van der Waals surface area contributed by atoms with Gasteiger partial charge >= 0.3 is 0 Å². The third kappa shape index (κ3) is 3.60. The quantitative estimate of drug-likeness (QED) is 0.659. The predicted octanol–water partition coefficient (Wildman–Crippen LogP) is 4.01. The van der Waals surface area contributed by atoms with Gasteiger partial charge in [-0.25, -0.2) is 0 Å². The molecule has 0 aromatic heterocycles. The van der Waals surface area contributed by atoms with Crippen molar-refractivity contribution in [2.45, 2.75) is 33.2 Å². The average Bonchev–Trinajstić information content (AvgIpc) is 2.35. The van der Waals surface area contributed by atoms with Crippen LogP contribution in [0, 0.1) is 20.8 Å². The first-order chi connectivity index (χ1) is 9.49. The summed E-state index contributed by atoms with van der Waals surface area (Å²) in [5.74, 6) is 5.75. The molecule has 0 amide bonds. The summed E-state index contributed by atoms with van der Waals surface area (Å²) in [6, 6.07) is 12.6. The number of aryl methyl sites for hydroxylation is 3. The lowest BCUT2D eigenvalue weighted by molar-refractivity contribution is 0.549. The second kappa shape index (κ2) is 6.40. The van der Waals surface area contributed by atoms with Crippen LogP contribution in [0.15, 0.2) is 36.4 Å². The number of rotatable bonds is 4. The van der Waals surface area contributed by atoms with Crippen LogP contribution in [0.5, 0.6) is 0 Å². The third-order valence-electron chi connectivity index (χ3n) is 3.53. The fourth-order valence-electron chi connectivity index (χ4n) is 2.71. The molecule has 0 fully saturated rings. The minimum Gasteiger partial charge on any atom is -0.271 e. The lowest BCUT2D eigenvalue weighted by Crippen LogP contribution is -2.30. The van der Waals surface area contributed by atoms with Crippen LogP contribution in [-0.2, 0) is 6.42 Å². The molecule has 2 nitrogen and oxygen atoms in total. The summed E-state index contributed by atoms with van der Waals surface area (Å²) in [5, 5.41) is 0.758. The van der Waals surface area contributed by atoms with Gasteiger partial charge in [0.05, 0.1) is 6.04 Å². The zero-order chi connectivity index (χ0) is 14.7. The van der Waals surface area contributed by atoms with Gasteiger partial charge in [-0.1, -0.05) is 47.0 Å². The summed E-state index contributed by atoms with van der Waals surface area (Å²) in [4.78, 5) is 0. The maximum absolute atomic E-state index is 6.01. The van der Waals surface area contributed by atoms with Gasteiger partial charge in [-0.2, -0.15) is 0 Å². The van der Waals surface area contributed by atoms with Crippen LogP contribution in [-0.4, -0.2) is 0 Å². The Balaban J connectivity index is 2.28. The van der Waals surface area contributed by atoms with Crippen LogP contribution in [0.2, 0.25) is 5.02 Å². The van der Waals surface area contributed by atoms with E-state index in [4.69, 9.17) is 17.4 Å². The Labute approximate surface area is 125 Å². The molecule has 0 aliphatic rings. The van der Waals surface area contributed by atoms with Crippen molar-refractivity contribution < 1.29 is 0 Å². The molecule has 3 heteroatoms. The van der Waals surface area contributed by atoms with Crippen LogP contribution in [0.25, 0.3) is 0 Å². The largest absolute Gasteiger partial charge is 0.271 e. The van der Waals surface area contributed by atoms with Crippen molar-refractivity contribution in [3.8, 4) is 0 Å². The third-order valence-corrected chi connectivity index (χ3v) is 3.76. The Morgan fingerprint density at radius 2 is 1.70 bits per heavy atom. The summed E-state index contributed by atoms with van der Waals surface area (Å²) in [5.41, 5.74) is 9.12. The molecule has 0 saturated carbocycles. The molecule has 1 atom stereocenters. The molecule has 0 spiro atoms. The van der Waals surface area contributed by atoms with Crippen molar-refractivity contribution in [3.05, 3.63) is 69.2 Å². The van der Waals surface area contributed by atoms with Crippen molar-refractivity contribution in [1.82, 2.24) is 5.43 Å².